The molecule has 1 amide bonds. The molecule has 21 heavy (non-hydrogen) atoms. The summed E-state index contributed by atoms with van der Waals surface area (Å²) in [4.78, 5) is 16.1. The molecular weight excluding hydrogens is 292 g/mol. The first-order chi connectivity index (χ1) is 10.0. The molecule has 0 aliphatic heterocycles. The number of hydrogen-bond acceptors (Lipinski definition) is 4. The molecule has 0 saturated carbocycles. The summed E-state index contributed by atoms with van der Waals surface area (Å²) in [5.41, 5.74) is 7.46. The van der Waals surface area contributed by atoms with Crippen LogP contribution in [0, 0.1) is 6.92 Å². The van der Waals surface area contributed by atoms with E-state index >= 15 is 0 Å². The zero-order valence-corrected chi connectivity index (χ0v) is 11.9. The van der Waals surface area contributed by atoms with Crippen LogP contribution in [0.1, 0.15) is 21.6 Å². The van der Waals surface area contributed by atoms with E-state index in [0.29, 0.717) is 16.3 Å². The van der Waals surface area contributed by atoms with E-state index in [0.717, 1.165) is 5.56 Å². The minimum absolute atomic E-state index is 0.0693. The van der Waals surface area contributed by atoms with Crippen LogP contribution in [0.5, 0.6) is 0 Å². The molecule has 7 heteroatoms. The molecule has 0 saturated heterocycles. The largest absolute Gasteiger partial charge is 0.409 e. The third-order valence-electron chi connectivity index (χ3n) is 2.92. The van der Waals surface area contributed by atoms with Crippen LogP contribution in [0.2, 0.25) is 5.02 Å². The summed E-state index contributed by atoms with van der Waals surface area (Å²) in [6.07, 6.45) is 1.36. The second-order valence-corrected chi connectivity index (χ2v) is 4.69. The highest BCUT2D eigenvalue weighted by atomic mass is 35.5. The number of oxime groups is 1. The second kappa shape index (κ2) is 6.23. The Bertz CT molecular complexity index is 699. The van der Waals surface area contributed by atoms with Gasteiger partial charge >= 0.3 is 0 Å². The van der Waals surface area contributed by atoms with Crippen molar-refractivity contribution in [3.8, 4) is 0 Å². The molecule has 4 N–H and O–H groups in total. The molecule has 0 aliphatic rings. The van der Waals surface area contributed by atoms with Gasteiger partial charge in [0.15, 0.2) is 5.84 Å². The molecule has 6 nitrogen and oxygen atoms in total. The first-order valence-electron chi connectivity index (χ1n) is 6.03. The first-order valence-corrected chi connectivity index (χ1v) is 6.41. The van der Waals surface area contributed by atoms with Crippen LogP contribution >= 0.6 is 11.6 Å². The topological polar surface area (TPSA) is 101 Å². The molecule has 1 aromatic carbocycles. The highest BCUT2D eigenvalue weighted by Gasteiger charge is 2.11. The highest BCUT2D eigenvalue weighted by molar-refractivity contribution is 6.31. The number of carbonyl (C=O) groups is 1. The molecule has 0 aliphatic carbocycles. The van der Waals surface area contributed by atoms with Crippen molar-refractivity contribution in [2.45, 2.75) is 6.92 Å². The van der Waals surface area contributed by atoms with E-state index in [9.17, 15) is 4.79 Å². The number of rotatable bonds is 3. The zero-order chi connectivity index (χ0) is 15.4. The molecule has 0 atom stereocenters. The maximum absolute atomic E-state index is 12.1. The number of nitrogens with one attached hydrogen (secondary N) is 1. The van der Waals surface area contributed by atoms with Crippen LogP contribution < -0.4 is 11.1 Å². The molecule has 108 valence electrons. The number of hydrogen-bond donors (Lipinski definition) is 3. The number of pyridine rings is 1. The van der Waals surface area contributed by atoms with Crippen molar-refractivity contribution in [2.75, 3.05) is 5.32 Å². The van der Waals surface area contributed by atoms with Gasteiger partial charge in [0.1, 0.15) is 5.69 Å². The third kappa shape index (κ3) is 3.29. The average Bonchev–Trinajstić information content (AvgIpc) is 2.51. The van der Waals surface area contributed by atoms with Gasteiger partial charge in [-0.2, -0.15) is 0 Å². The lowest BCUT2D eigenvalue weighted by Crippen LogP contribution is -2.17. The van der Waals surface area contributed by atoms with Crippen LogP contribution in [0.3, 0.4) is 0 Å². The predicted molar refractivity (Wildman–Crippen MR) is 80.9 cm³/mol. The fourth-order valence-corrected chi connectivity index (χ4v) is 1.84. The number of carbonyl (C=O) groups excluding carboxylic acids is 1. The van der Waals surface area contributed by atoms with E-state index in [1.54, 1.807) is 24.3 Å². The van der Waals surface area contributed by atoms with Gasteiger partial charge in [-0.05, 0) is 36.8 Å². The molecule has 0 radical (unpaired) electrons. The normalized spacial score (nSPS) is 11.2. The highest BCUT2D eigenvalue weighted by Crippen LogP contribution is 2.23. The first kappa shape index (κ1) is 14.8. The molecule has 2 rings (SSSR count). The van der Waals surface area contributed by atoms with Crippen molar-refractivity contribution in [1.82, 2.24) is 4.98 Å². The number of nitrogens with zero attached hydrogens (tertiary/aromatic N) is 2. The van der Waals surface area contributed by atoms with Crippen LogP contribution in [-0.2, 0) is 0 Å². The summed E-state index contributed by atoms with van der Waals surface area (Å²) in [6, 6.07) is 8.28. The average molecular weight is 305 g/mol. The fraction of sp³-hybridized carbons (Fsp3) is 0.0714. The quantitative estimate of drug-likeness (QED) is 0.351. The number of nitrogens with two attached hydrogens (primary N) is 1. The zero-order valence-electron chi connectivity index (χ0n) is 11.2. The van der Waals surface area contributed by atoms with Crippen molar-refractivity contribution < 1.29 is 10.0 Å². The van der Waals surface area contributed by atoms with Gasteiger partial charge in [0.25, 0.3) is 5.91 Å². The number of anilines is 1. The summed E-state index contributed by atoms with van der Waals surface area (Å²) in [5, 5.41) is 14.7. The van der Waals surface area contributed by atoms with Crippen LogP contribution in [0.15, 0.2) is 41.7 Å². The van der Waals surface area contributed by atoms with Crippen molar-refractivity contribution in [2.24, 2.45) is 10.9 Å². The standard InChI is InChI=1S/C14H13ClN4O2/c1-8-10(15)3-2-4-11(8)18-14(20)12-6-5-9(7-17-12)13(16)19-21/h2-7,21H,1H3,(H2,16,19)(H,18,20). The third-order valence-corrected chi connectivity index (χ3v) is 3.32. The van der Waals surface area contributed by atoms with Crippen molar-refractivity contribution in [3.05, 3.63) is 58.4 Å². The molecule has 0 fully saturated rings. The van der Waals surface area contributed by atoms with Crippen LogP contribution in [0.4, 0.5) is 5.69 Å². The Hall–Kier alpha value is -2.60. The molecule has 1 aromatic heterocycles. The lowest BCUT2D eigenvalue weighted by atomic mass is 10.2. The lowest BCUT2D eigenvalue weighted by Gasteiger charge is -2.09. The fourth-order valence-electron chi connectivity index (χ4n) is 1.67. The maximum Gasteiger partial charge on any atom is 0.274 e. The summed E-state index contributed by atoms with van der Waals surface area (Å²) >= 11 is 6.00. The van der Waals surface area contributed by atoms with Crippen LogP contribution in [-0.4, -0.2) is 21.9 Å². The number of halogens is 1. The van der Waals surface area contributed by atoms with Gasteiger partial charge in [-0.3, -0.25) is 9.78 Å². The number of amides is 1. The van der Waals surface area contributed by atoms with Crippen molar-refractivity contribution >= 4 is 29.0 Å². The molecule has 0 bridgehead atoms. The van der Waals surface area contributed by atoms with Crippen molar-refractivity contribution in [1.29, 1.82) is 0 Å². The van der Waals surface area contributed by atoms with Crippen molar-refractivity contribution in [3.63, 3.8) is 0 Å². The Morgan fingerprint density at radius 1 is 1.38 bits per heavy atom. The summed E-state index contributed by atoms with van der Waals surface area (Å²) in [7, 11) is 0. The van der Waals surface area contributed by atoms with E-state index in [1.165, 1.54) is 12.3 Å². The number of aromatic nitrogens is 1. The van der Waals surface area contributed by atoms with Gasteiger partial charge in [-0.1, -0.05) is 22.8 Å². The maximum atomic E-state index is 12.1. The minimum atomic E-state index is -0.369. The molecule has 0 spiro atoms. The summed E-state index contributed by atoms with van der Waals surface area (Å²) in [6.45, 7) is 1.81. The van der Waals surface area contributed by atoms with Gasteiger partial charge in [0.2, 0.25) is 0 Å². The monoisotopic (exact) mass is 304 g/mol. The Balaban J connectivity index is 2.19. The van der Waals surface area contributed by atoms with Gasteiger partial charge in [-0.25, -0.2) is 0 Å². The van der Waals surface area contributed by atoms with E-state index < -0.39 is 0 Å². The molecular formula is C14H13ClN4O2. The lowest BCUT2D eigenvalue weighted by molar-refractivity contribution is 0.102. The Kier molecular flexibility index (Phi) is 4.39. The molecule has 1 heterocycles. The van der Waals surface area contributed by atoms with Gasteiger partial charge in [0, 0.05) is 22.5 Å². The number of benzene rings is 1. The Labute approximate surface area is 126 Å². The predicted octanol–water partition coefficient (Wildman–Crippen LogP) is 2.39. The second-order valence-electron chi connectivity index (χ2n) is 4.28. The number of amidine groups is 1. The van der Waals surface area contributed by atoms with E-state index in [-0.39, 0.29) is 17.4 Å². The summed E-state index contributed by atoms with van der Waals surface area (Å²) in [5.74, 6) is -0.438. The van der Waals surface area contributed by atoms with E-state index in [2.05, 4.69) is 15.5 Å². The molecule has 2 aromatic rings. The minimum Gasteiger partial charge on any atom is -0.409 e. The summed E-state index contributed by atoms with van der Waals surface area (Å²) < 4.78 is 0. The smallest absolute Gasteiger partial charge is 0.274 e. The van der Waals surface area contributed by atoms with E-state index in [4.69, 9.17) is 22.5 Å². The van der Waals surface area contributed by atoms with Crippen LogP contribution in [0.25, 0.3) is 0 Å². The van der Waals surface area contributed by atoms with Gasteiger partial charge in [0.05, 0.1) is 0 Å². The SMILES string of the molecule is Cc1c(Cl)cccc1NC(=O)c1ccc(C(N)=NO)cn1. The Morgan fingerprint density at radius 3 is 2.76 bits per heavy atom. The van der Waals surface area contributed by atoms with Gasteiger partial charge in [-0.15, -0.1) is 0 Å². The molecule has 0 unspecified atom stereocenters. The Morgan fingerprint density at radius 2 is 2.14 bits per heavy atom. The van der Waals surface area contributed by atoms with Gasteiger partial charge < -0.3 is 16.3 Å². The van der Waals surface area contributed by atoms with E-state index in [1.807, 2.05) is 6.92 Å².